The maximum Gasteiger partial charge on any atom is 0.416 e. The summed E-state index contributed by atoms with van der Waals surface area (Å²) in [7, 11) is 0. The quantitative estimate of drug-likeness (QED) is 0.0889. The highest BCUT2D eigenvalue weighted by Gasteiger charge is 2.47. The van der Waals surface area contributed by atoms with E-state index in [-0.39, 0.29) is 0 Å². The summed E-state index contributed by atoms with van der Waals surface area (Å²) in [5.41, 5.74) is -26.7. The first-order chi connectivity index (χ1) is 31.2. The van der Waals surface area contributed by atoms with E-state index >= 15 is 0 Å². The average molecular weight is 1040 g/mol. The van der Waals surface area contributed by atoms with Crippen LogP contribution in [-0.4, -0.2) is 6.15 Å². The lowest BCUT2D eigenvalue weighted by Gasteiger charge is -2.46. The molecule has 69 heavy (non-hydrogen) atoms. The SMILES string of the molecule is FC(F)(F)c1cc([B-](c2cc(C(F)(F)F)cc(C(F)(F)F)c2)(c2cc(C(F)(F)F)cc(C(F)(F)F)c2)c2cc(C(F)(F)F)cc(C(F)(F)F)c2)cc(C(F)(F)F)c1.c1ccc(C[n+]2ccsc2)cc1. The largest absolute Gasteiger partial charge is 0.416 e. The van der Waals surface area contributed by atoms with Gasteiger partial charge in [0.1, 0.15) is 6.15 Å². The normalized spacial score (nSPS) is 13.6. The molecule has 6 aromatic rings. The van der Waals surface area contributed by atoms with Crippen molar-refractivity contribution in [2.24, 2.45) is 0 Å². The zero-order chi connectivity index (χ0) is 52.1. The monoisotopic (exact) mass is 1040 g/mol. The van der Waals surface area contributed by atoms with E-state index in [1.165, 1.54) is 5.56 Å². The third-order valence-corrected chi connectivity index (χ3v) is 10.8. The maximum absolute atomic E-state index is 14.2. The molecule has 1 nitrogen and oxygen atoms in total. The minimum Gasteiger partial charge on any atom is -0.194 e. The van der Waals surface area contributed by atoms with Gasteiger partial charge in [0.25, 0.3) is 0 Å². The van der Waals surface area contributed by atoms with Gasteiger partial charge in [-0.1, -0.05) is 90.2 Å². The summed E-state index contributed by atoms with van der Waals surface area (Å²) in [6.45, 7) is 0.977. The molecule has 0 aliphatic carbocycles. The molecule has 372 valence electrons. The van der Waals surface area contributed by atoms with Crippen LogP contribution in [0, 0.1) is 0 Å². The Hall–Kier alpha value is -5.89. The number of nitrogens with zero attached hydrogens (tertiary/aromatic N) is 1. The van der Waals surface area contributed by atoms with Crippen molar-refractivity contribution in [1.29, 1.82) is 0 Å². The fourth-order valence-electron chi connectivity index (χ4n) is 7.22. The third kappa shape index (κ3) is 12.7. The van der Waals surface area contributed by atoms with Gasteiger partial charge in [-0.05, 0) is 24.3 Å². The molecule has 27 heteroatoms. The van der Waals surface area contributed by atoms with Crippen LogP contribution >= 0.6 is 11.3 Å². The van der Waals surface area contributed by atoms with Crippen LogP contribution < -0.4 is 26.4 Å². The summed E-state index contributed by atoms with van der Waals surface area (Å²) in [4.78, 5) is 0. The van der Waals surface area contributed by atoms with Gasteiger partial charge in [0, 0.05) is 5.56 Å². The molecule has 0 aliphatic rings. The van der Waals surface area contributed by atoms with E-state index in [0.29, 0.717) is 0 Å². The lowest BCUT2D eigenvalue weighted by atomic mass is 9.12. The molecule has 0 radical (unpaired) electrons. The van der Waals surface area contributed by atoms with E-state index in [2.05, 4.69) is 45.9 Å². The van der Waals surface area contributed by atoms with Crippen molar-refractivity contribution in [2.75, 3.05) is 0 Å². The van der Waals surface area contributed by atoms with Crippen molar-refractivity contribution in [3.05, 3.63) is 170 Å². The predicted molar refractivity (Wildman–Crippen MR) is 200 cm³/mol. The summed E-state index contributed by atoms with van der Waals surface area (Å²) < 4.78 is 343. The highest BCUT2D eigenvalue weighted by molar-refractivity contribution is 7.20. The summed E-state index contributed by atoms with van der Waals surface area (Å²) in [6, 6.07) is 1.66. The Morgan fingerprint density at radius 1 is 0.333 bits per heavy atom. The van der Waals surface area contributed by atoms with Gasteiger partial charge in [-0.15, -0.1) is 0 Å². The molecule has 6 rings (SSSR count). The number of aromatic nitrogens is 1. The Bertz CT molecular complexity index is 2300. The summed E-state index contributed by atoms with van der Waals surface area (Å²) in [5.74, 6) is 0. The number of thiazole rings is 1. The van der Waals surface area contributed by atoms with Crippen molar-refractivity contribution in [3.8, 4) is 0 Å². The second-order valence-corrected chi connectivity index (χ2v) is 15.7. The first-order valence-corrected chi connectivity index (χ1v) is 19.5. The molecule has 0 atom stereocenters. The second kappa shape index (κ2) is 18.5. The molecule has 1 aromatic heterocycles. The minimum atomic E-state index is -6.13. The zero-order valence-electron chi connectivity index (χ0n) is 33.3. The number of rotatable bonds is 6. The second-order valence-electron chi connectivity index (χ2n) is 14.9. The number of halogens is 24. The Balaban J connectivity index is 0.000000636. The van der Waals surface area contributed by atoms with Crippen LogP contribution in [0.5, 0.6) is 0 Å². The van der Waals surface area contributed by atoms with E-state index in [1.54, 1.807) is 11.3 Å². The van der Waals surface area contributed by atoms with Gasteiger partial charge in [0.15, 0.2) is 12.7 Å². The summed E-state index contributed by atoms with van der Waals surface area (Å²) in [5, 5.41) is 2.09. The van der Waals surface area contributed by atoms with Crippen molar-refractivity contribution in [3.63, 3.8) is 0 Å². The molecule has 0 amide bonds. The molecule has 0 bridgehead atoms. The Morgan fingerprint density at radius 3 is 0.754 bits per heavy atom. The van der Waals surface area contributed by atoms with Crippen LogP contribution in [0.4, 0.5) is 105 Å². The van der Waals surface area contributed by atoms with Gasteiger partial charge in [0.2, 0.25) is 5.51 Å². The summed E-state index contributed by atoms with van der Waals surface area (Å²) in [6.07, 6.45) is -52.7. The Kier molecular flexibility index (Phi) is 14.5. The maximum atomic E-state index is 14.2. The van der Waals surface area contributed by atoms with E-state index < -0.39 is 195 Å². The molecule has 5 aromatic carbocycles. The number of alkyl halides is 24. The number of benzene rings is 5. The smallest absolute Gasteiger partial charge is 0.194 e. The van der Waals surface area contributed by atoms with Gasteiger partial charge in [-0.2, -0.15) is 132 Å². The van der Waals surface area contributed by atoms with Gasteiger partial charge < -0.3 is 0 Å². The molecule has 1 heterocycles. The molecular formula is C42H22BF24NS. The van der Waals surface area contributed by atoms with Crippen molar-refractivity contribution in [1.82, 2.24) is 0 Å². The molecule has 0 unspecified atom stereocenters. The van der Waals surface area contributed by atoms with E-state index in [9.17, 15) is 105 Å². The lowest BCUT2D eigenvalue weighted by molar-refractivity contribution is -0.683. The van der Waals surface area contributed by atoms with Crippen molar-refractivity contribution >= 4 is 39.3 Å². The fourth-order valence-corrected chi connectivity index (χ4v) is 7.81. The molecule has 0 spiro atoms. The topological polar surface area (TPSA) is 3.88 Å². The van der Waals surface area contributed by atoms with Crippen LogP contribution in [0.2, 0.25) is 0 Å². The standard InChI is InChI=1S/C32H12BF24.C10H10NS/c34-25(35,36)13-1-14(26(37,38)39)6-21(5-13)33(22-7-15(27(40,41)42)2-16(8-22)28(43,44)45,23-9-17(29(46,47)48)3-18(10-23)30(49,50)51)24-11-19(31(52,53)54)4-20(12-24)32(55,56)57;1-2-4-10(5-3-1)8-11-6-7-12-9-11/h1-12H;1-7,9H,8H2/q-1;+1. The van der Waals surface area contributed by atoms with Crippen molar-refractivity contribution in [2.45, 2.75) is 56.0 Å². The van der Waals surface area contributed by atoms with E-state index in [1.807, 2.05) is 6.07 Å². The minimum absolute atomic E-state index is 0.691. The number of hydrogen-bond donors (Lipinski definition) is 0. The van der Waals surface area contributed by atoms with E-state index in [4.69, 9.17) is 0 Å². The molecule has 0 N–H and O–H groups in total. The highest BCUT2D eigenvalue weighted by Crippen LogP contribution is 2.41. The first-order valence-electron chi connectivity index (χ1n) is 18.5. The zero-order valence-corrected chi connectivity index (χ0v) is 34.1. The summed E-state index contributed by atoms with van der Waals surface area (Å²) >= 11 is 1.72. The average Bonchev–Trinajstić information content (AvgIpc) is 3.72. The number of hydrogen-bond acceptors (Lipinski definition) is 1. The molecule has 0 aliphatic heterocycles. The van der Waals surface area contributed by atoms with E-state index in [0.717, 1.165) is 6.54 Å². The first kappa shape index (κ1) is 54.1. The molecule has 0 saturated heterocycles. The fraction of sp³-hybridized carbons (Fsp3) is 0.214. The highest BCUT2D eigenvalue weighted by atomic mass is 32.1. The van der Waals surface area contributed by atoms with Gasteiger partial charge >= 0.3 is 49.4 Å². The van der Waals surface area contributed by atoms with Gasteiger partial charge in [0.05, 0.1) is 49.9 Å². The molecular weight excluding hydrogens is 1020 g/mol. The van der Waals surface area contributed by atoms with Crippen LogP contribution in [0.25, 0.3) is 0 Å². The predicted octanol–water partition coefficient (Wildman–Crippen LogP) is 13.3. The van der Waals surface area contributed by atoms with Crippen molar-refractivity contribution < 1.29 is 110 Å². The van der Waals surface area contributed by atoms with Crippen LogP contribution in [-0.2, 0) is 56.0 Å². The Labute approximate surface area is 375 Å². The third-order valence-electron chi connectivity index (χ3n) is 10.2. The van der Waals surface area contributed by atoms with Gasteiger partial charge in [-0.3, -0.25) is 0 Å². The Morgan fingerprint density at radius 2 is 0.565 bits per heavy atom. The molecule has 0 fully saturated rings. The van der Waals surface area contributed by atoms with Gasteiger partial charge in [-0.25, -0.2) is 0 Å². The van der Waals surface area contributed by atoms with Crippen LogP contribution in [0.15, 0.2) is 120 Å². The van der Waals surface area contributed by atoms with Crippen LogP contribution in [0.1, 0.15) is 50.1 Å². The molecule has 0 saturated carbocycles. The van der Waals surface area contributed by atoms with Crippen LogP contribution in [0.3, 0.4) is 0 Å². The lowest BCUT2D eigenvalue weighted by Crippen LogP contribution is -2.75.